The number of nitrogens with two attached hydrogens (primary N) is 1. The fourth-order valence-electron chi connectivity index (χ4n) is 2.21. The van der Waals surface area contributed by atoms with Gasteiger partial charge in [-0.2, -0.15) is 4.98 Å². The van der Waals surface area contributed by atoms with E-state index in [1.807, 2.05) is 51.1 Å². The van der Waals surface area contributed by atoms with Crippen LogP contribution in [0.25, 0.3) is 0 Å². The monoisotopic (exact) mass is 344 g/mol. The van der Waals surface area contributed by atoms with Crippen LogP contribution < -0.4 is 5.84 Å². The van der Waals surface area contributed by atoms with E-state index in [1.54, 1.807) is 0 Å². The van der Waals surface area contributed by atoms with Crippen LogP contribution in [0.2, 0.25) is 0 Å². The van der Waals surface area contributed by atoms with E-state index in [0.29, 0.717) is 29.0 Å². The quantitative estimate of drug-likeness (QED) is 0.561. The highest BCUT2D eigenvalue weighted by Gasteiger charge is 2.23. The molecule has 24 heavy (non-hydrogen) atoms. The van der Waals surface area contributed by atoms with Gasteiger partial charge in [0.15, 0.2) is 11.6 Å². The molecule has 0 saturated heterocycles. The van der Waals surface area contributed by atoms with Crippen molar-refractivity contribution in [3.8, 4) is 0 Å². The summed E-state index contributed by atoms with van der Waals surface area (Å²) in [5, 5.41) is 12.9. The third kappa shape index (κ3) is 3.76. The molecule has 0 aliphatic heterocycles. The Morgan fingerprint density at radius 3 is 2.58 bits per heavy atom. The van der Waals surface area contributed by atoms with E-state index in [2.05, 4.69) is 20.3 Å². The van der Waals surface area contributed by atoms with Crippen LogP contribution in [0, 0.1) is 0 Å². The highest BCUT2D eigenvalue weighted by molar-refractivity contribution is 7.98. The number of hydrogen-bond donors (Lipinski definition) is 1. The number of nitrogen functional groups attached to an aromatic ring is 1. The van der Waals surface area contributed by atoms with Gasteiger partial charge >= 0.3 is 0 Å². The second kappa shape index (κ2) is 6.64. The summed E-state index contributed by atoms with van der Waals surface area (Å²) < 4.78 is 6.81. The molecule has 0 saturated carbocycles. The van der Waals surface area contributed by atoms with Crippen LogP contribution in [-0.4, -0.2) is 25.0 Å². The first-order valence-corrected chi connectivity index (χ1v) is 8.61. The number of rotatable bonds is 5. The summed E-state index contributed by atoms with van der Waals surface area (Å²) in [5.41, 5.74) is 0.988. The molecule has 7 nitrogen and oxygen atoms in total. The van der Waals surface area contributed by atoms with Crippen LogP contribution in [0.1, 0.15) is 43.9 Å². The third-order valence-corrected chi connectivity index (χ3v) is 4.30. The number of hydrogen-bond acceptors (Lipinski definition) is 7. The number of benzene rings is 1. The van der Waals surface area contributed by atoms with Crippen LogP contribution in [0.5, 0.6) is 0 Å². The zero-order valence-corrected chi connectivity index (χ0v) is 14.7. The minimum atomic E-state index is -0.159. The van der Waals surface area contributed by atoms with Gasteiger partial charge in [0, 0.05) is 11.8 Å². The maximum atomic E-state index is 6.07. The van der Waals surface area contributed by atoms with E-state index in [0.717, 1.165) is 11.4 Å². The smallest absolute Gasteiger partial charge is 0.237 e. The first-order chi connectivity index (χ1) is 11.4. The van der Waals surface area contributed by atoms with Crippen molar-refractivity contribution in [3.63, 3.8) is 0 Å². The van der Waals surface area contributed by atoms with E-state index in [4.69, 9.17) is 10.4 Å². The van der Waals surface area contributed by atoms with Crippen molar-refractivity contribution in [2.75, 3.05) is 5.84 Å². The molecule has 126 valence electrons. The van der Waals surface area contributed by atoms with Crippen molar-refractivity contribution < 1.29 is 4.52 Å². The second-order valence-electron chi connectivity index (χ2n) is 6.48. The summed E-state index contributed by atoms with van der Waals surface area (Å²) in [6.45, 7) is 6.13. The second-order valence-corrected chi connectivity index (χ2v) is 7.42. The number of aromatic nitrogens is 5. The molecule has 0 bridgehead atoms. The van der Waals surface area contributed by atoms with Crippen molar-refractivity contribution in [1.82, 2.24) is 25.0 Å². The average Bonchev–Trinajstić information content (AvgIpc) is 3.12. The predicted octanol–water partition coefficient (Wildman–Crippen LogP) is 2.56. The summed E-state index contributed by atoms with van der Waals surface area (Å²) in [6.07, 6.45) is 0.649. The van der Waals surface area contributed by atoms with E-state index < -0.39 is 0 Å². The average molecular weight is 344 g/mol. The molecular formula is C16H20N6OS. The number of thioether (sulfide) groups is 1. The summed E-state index contributed by atoms with van der Waals surface area (Å²) in [5.74, 6) is 8.52. The SMILES string of the molecule is CC(C)(C)c1nnc(SCc2nc(Cc3ccccc3)no2)n1N. The fraction of sp³-hybridized carbons (Fsp3) is 0.375. The van der Waals surface area contributed by atoms with Crippen LogP contribution in [0.4, 0.5) is 0 Å². The van der Waals surface area contributed by atoms with Crippen molar-refractivity contribution in [3.05, 3.63) is 53.4 Å². The van der Waals surface area contributed by atoms with Gasteiger partial charge in [-0.25, -0.2) is 4.68 Å². The molecule has 0 amide bonds. The van der Waals surface area contributed by atoms with Crippen molar-refractivity contribution in [2.24, 2.45) is 0 Å². The fourth-order valence-corrected chi connectivity index (χ4v) is 2.91. The van der Waals surface area contributed by atoms with Crippen molar-refractivity contribution >= 4 is 11.8 Å². The highest BCUT2D eigenvalue weighted by atomic mass is 32.2. The van der Waals surface area contributed by atoms with E-state index in [9.17, 15) is 0 Å². The summed E-state index contributed by atoms with van der Waals surface area (Å²) in [6, 6.07) is 10.0. The normalized spacial score (nSPS) is 11.8. The lowest BCUT2D eigenvalue weighted by Gasteiger charge is -2.16. The van der Waals surface area contributed by atoms with Gasteiger partial charge in [-0.15, -0.1) is 10.2 Å². The van der Waals surface area contributed by atoms with Crippen molar-refractivity contribution in [1.29, 1.82) is 0 Å². The lowest BCUT2D eigenvalue weighted by Crippen LogP contribution is -2.24. The summed E-state index contributed by atoms with van der Waals surface area (Å²) >= 11 is 1.42. The Morgan fingerprint density at radius 2 is 1.92 bits per heavy atom. The molecule has 0 atom stereocenters. The summed E-state index contributed by atoms with van der Waals surface area (Å²) in [4.78, 5) is 4.41. The molecule has 0 unspecified atom stereocenters. The standard InChI is InChI=1S/C16H20N6OS/c1-16(2,3)14-19-20-15(22(14)17)24-10-13-18-12(21-23-13)9-11-7-5-4-6-8-11/h4-8H,9-10,17H2,1-3H3. The molecule has 0 aliphatic carbocycles. The van der Waals surface area contributed by atoms with Crippen molar-refractivity contribution in [2.45, 2.75) is 43.5 Å². The molecule has 0 radical (unpaired) electrons. The lowest BCUT2D eigenvalue weighted by molar-refractivity contribution is 0.385. The Kier molecular flexibility index (Phi) is 4.57. The van der Waals surface area contributed by atoms with Crippen LogP contribution >= 0.6 is 11.8 Å². The number of nitrogens with zero attached hydrogens (tertiary/aromatic N) is 5. The Balaban J connectivity index is 1.63. The molecular weight excluding hydrogens is 324 g/mol. The maximum absolute atomic E-state index is 6.07. The molecule has 0 spiro atoms. The van der Waals surface area contributed by atoms with Gasteiger partial charge in [0.25, 0.3) is 0 Å². The molecule has 2 heterocycles. The van der Waals surface area contributed by atoms with Gasteiger partial charge in [-0.1, -0.05) is 68.0 Å². The molecule has 2 N–H and O–H groups in total. The molecule has 3 aromatic rings. The van der Waals surface area contributed by atoms with Gasteiger partial charge < -0.3 is 10.4 Å². The Morgan fingerprint density at radius 1 is 1.17 bits per heavy atom. The third-order valence-electron chi connectivity index (χ3n) is 3.38. The molecule has 0 fully saturated rings. The van der Waals surface area contributed by atoms with Gasteiger partial charge in [-0.05, 0) is 5.56 Å². The van der Waals surface area contributed by atoms with Gasteiger partial charge in [-0.3, -0.25) is 0 Å². The van der Waals surface area contributed by atoms with Crippen LogP contribution in [0.15, 0.2) is 40.0 Å². The van der Waals surface area contributed by atoms with Gasteiger partial charge in [0.2, 0.25) is 11.0 Å². The minimum Gasteiger partial charge on any atom is -0.338 e. The van der Waals surface area contributed by atoms with E-state index in [1.165, 1.54) is 16.4 Å². The zero-order chi connectivity index (χ0) is 17.2. The largest absolute Gasteiger partial charge is 0.338 e. The van der Waals surface area contributed by atoms with Gasteiger partial charge in [0.05, 0.1) is 5.75 Å². The lowest BCUT2D eigenvalue weighted by atomic mass is 9.96. The predicted molar refractivity (Wildman–Crippen MR) is 92.0 cm³/mol. The maximum Gasteiger partial charge on any atom is 0.237 e. The highest BCUT2D eigenvalue weighted by Crippen LogP contribution is 2.25. The van der Waals surface area contributed by atoms with E-state index >= 15 is 0 Å². The Hall–Kier alpha value is -2.35. The van der Waals surface area contributed by atoms with Crippen LogP contribution in [-0.2, 0) is 17.6 Å². The van der Waals surface area contributed by atoms with E-state index in [-0.39, 0.29) is 5.41 Å². The topological polar surface area (TPSA) is 95.6 Å². The summed E-state index contributed by atoms with van der Waals surface area (Å²) in [7, 11) is 0. The molecule has 1 aromatic carbocycles. The Bertz CT molecular complexity index is 806. The first-order valence-electron chi connectivity index (χ1n) is 7.62. The molecule has 3 rings (SSSR count). The van der Waals surface area contributed by atoms with Gasteiger partial charge in [0.1, 0.15) is 0 Å². The minimum absolute atomic E-state index is 0.159. The zero-order valence-electron chi connectivity index (χ0n) is 13.9. The molecule has 8 heteroatoms. The molecule has 2 aromatic heterocycles. The first kappa shape index (κ1) is 16.5. The Labute approximate surface area is 144 Å². The molecule has 0 aliphatic rings. The van der Waals surface area contributed by atoms with Crippen LogP contribution in [0.3, 0.4) is 0 Å².